The van der Waals surface area contributed by atoms with E-state index in [9.17, 15) is 44.7 Å². The molecule has 17 nitrogen and oxygen atoms in total. The summed E-state index contributed by atoms with van der Waals surface area (Å²) in [5.74, 6) is -6.47. The summed E-state index contributed by atoms with van der Waals surface area (Å²) in [6, 6.07) is 3.01. The number of aliphatic hydroxyl groups excluding tert-OH is 4. The normalized spacial score (nSPS) is 30.2. The van der Waals surface area contributed by atoms with Gasteiger partial charge in [0.1, 0.15) is 22.7 Å². The van der Waals surface area contributed by atoms with E-state index in [1.54, 1.807) is 45.9 Å². The maximum Gasteiger partial charge on any atom is 0.307 e. The Labute approximate surface area is 374 Å². The van der Waals surface area contributed by atoms with Crippen LogP contribution in [0.15, 0.2) is 62.3 Å². The molecule has 2 amide bonds. The maximum absolute atomic E-state index is 14.8. The molecule has 3 aromatic carbocycles. The fraction of sp³-hybridized carbons (Fsp3) is 0.479. The third kappa shape index (κ3) is 8.53. The lowest BCUT2D eigenvalue weighted by Crippen LogP contribution is -2.44. The van der Waals surface area contributed by atoms with Gasteiger partial charge in [0, 0.05) is 98.1 Å². The van der Waals surface area contributed by atoms with E-state index < -0.39 is 87.8 Å². The Kier molecular flexibility index (Phi) is 13.1. The van der Waals surface area contributed by atoms with E-state index in [2.05, 4.69) is 10.6 Å². The van der Waals surface area contributed by atoms with E-state index in [0.717, 1.165) is 0 Å². The number of fused-ring (bicyclic) bond motifs is 2. The lowest BCUT2D eigenvalue weighted by atomic mass is 9.78. The van der Waals surface area contributed by atoms with Crippen molar-refractivity contribution in [3.05, 3.63) is 79.5 Å². The van der Waals surface area contributed by atoms with Crippen LogP contribution in [0.1, 0.15) is 66.9 Å². The molecule has 3 aliphatic heterocycles. The number of amides is 2. The SMILES string of the molecule is CO[C@H]1/C=C/O[C@@]2(C)Oc3c(C)c(O)c4c(=O)c(c5oc6cc(N7CCC(NC(C)=O)CC7)cc(=O)c6nc5c4c3=C2O)NC(=O)/C(C)=C\C=C\[C@H](C)[C@H](O)[C@@H](C)[C@@H](O)[C@@H](C)[C@H](O)[C@@H]1C. The fourth-order valence-electron chi connectivity index (χ4n) is 9.24. The number of nitrogens with zero attached hydrogens (tertiary/aromatic N) is 2. The third-order valence-electron chi connectivity index (χ3n) is 13.4. The van der Waals surface area contributed by atoms with Crippen LogP contribution in [0.4, 0.5) is 11.4 Å². The number of methoxy groups -OCH3 is 1. The quantitative estimate of drug-likeness (QED) is 0.113. The van der Waals surface area contributed by atoms with Crippen molar-refractivity contribution in [2.75, 3.05) is 30.4 Å². The first-order chi connectivity index (χ1) is 30.7. The van der Waals surface area contributed by atoms with Crippen LogP contribution < -0.4 is 36.3 Å². The highest BCUT2D eigenvalue weighted by Crippen LogP contribution is 2.42. The highest BCUT2D eigenvalue weighted by Gasteiger charge is 2.44. The molecule has 65 heavy (non-hydrogen) atoms. The molecule has 0 aliphatic carbocycles. The molecular weight excluding hydrogens is 841 g/mol. The number of aromatic nitrogens is 1. The van der Waals surface area contributed by atoms with Crippen LogP contribution >= 0.6 is 0 Å². The van der Waals surface area contributed by atoms with Crippen LogP contribution in [0.3, 0.4) is 0 Å². The second kappa shape index (κ2) is 18.1. The predicted molar refractivity (Wildman–Crippen MR) is 245 cm³/mol. The van der Waals surface area contributed by atoms with Crippen molar-refractivity contribution in [1.29, 1.82) is 0 Å². The van der Waals surface area contributed by atoms with Crippen LogP contribution in [0, 0.1) is 30.6 Å². The van der Waals surface area contributed by atoms with Gasteiger partial charge in [-0.3, -0.25) is 19.2 Å². The van der Waals surface area contributed by atoms with Crippen LogP contribution in [0.25, 0.3) is 38.7 Å². The zero-order valence-corrected chi connectivity index (χ0v) is 38.0. The number of ether oxygens (including phenoxy) is 3. The summed E-state index contributed by atoms with van der Waals surface area (Å²) in [5, 5.41) is 63.0. The number of rotatable bonds is 3. The second-order valence-corrected chi connectivity index (χ2v) is 17.9. The van der Waals surface area contributed by atoms with E-state index in [0.29, 0.717) is 31.6 Å². The number of piperidine rings is 1. The molecule has 7 rings (SSSR count). The summed E-state index contributed by atoms with van der Waals surface area (Å²) < 4.78 is 24.5. The molecule has 1 aromatic heterocycles. The monoisotopic (exact) mass is 898 g/mol. The van der Waals surface area contributed by atoms with Crippen LogP contribution in [-0.4, -0.2) is 98.8 Å². The number of phenols is 1. The zero-order chi connectivity index (χ0) is 47.4. The minimum absolute atomic E-state index is 0.00865. The van der Waals surface area contributed by atoms with E-state index in [-0.39, 0.29) is 67.0 Å². The number of carbonyl (C=O) groups excluding carboxylic acids is 2. The smallest absolute Gasteiger partial charge is 0.307 e. The molecule has 3 aliphatic rings. The summed E-state index contributed by atoms with van der Waals surface area (Å²) in [7, 11) is 1.44. The van der Waals surface area contributed by atoms with Crippen molar-refractivity contribution in [3.63, 3.8) is 0 Å². The minimum atomic E-state index is -1.97. The first kappa shape index (κ1) is 47.0. The highest BCUT2D eigenvalue weighted by atomic mass is 16.7. The summed E-state index contributed by atoms with van der Waals surface area (Å²) in [5.41, 5.74) is -1.67. The number of nitrogens with one attached hydrogen (secondary N) is 2. The second-order valence-electron chi connectivity index (χ2n) is 17.9. The summed E-state index contributed by atoms with van der Waals surface area (Å²) in [6.07, 6.45) is 4.63. The number of aliphatic hydroxyl groups is 4. The molecule has 0 unspecified atom stereocenters. The molecule has 17 heteroatoms. The Morgan fingerprint density at radius 1 is 0.938 bits per heavy atom. The van der Waals surface area contributed by atoms with Crippen molar-refractivity contribution in [2.45, 2.75) is 104 Å². The summed E-state index contributed by atoms with van der Waals surface area (Å²) in [4.78, 5) is 61.1. The van der Waals surface area contributed by atoms with Crippen molar-refractivity contribution in [1.82, 2.24) is 10.3 Å². The summed E-state index contributed by atoms with van der Waals surface area (Å²) >= 11 is 0. The van der Waals surface area contributed by atoms with Gasteiger partial charge in [0.15, 0.2) is 22.4 Å². The van der Waals surface area contributed by atoms with E-state index >= 15 is 0 Å². The first-order valence-corrected chi connectivity index (χ1v) is 21.8. The van der Waals surface area contributed by atoms with Crippen molar-refractivity contribution in [2.24, 2.45) is 23.7 Å². The largest absolute Gasteiger partial charge is 0.507 e. The highest BCUT2D eigenvalue weighted by molar-refractivity contribution is 6.16. The molecule has 0 saturated carbocycles. The lowest BCUT2D eigenvalue weighted by Gasteiger charge is -2.36. The number of aromatic hydroxyl groups is 1. The van der Waals surface area contributed by atoms with E-state index in [1.165, 1.54) is 59.3 Å². The molecule has 4 heterocycles. The van der Waals surface area contributed by atoms with E-state index in [4.69, 9.17) is 23.6 Å². The Bertz CT molecular complexity index is 2830. The van der Waals surface area contributed by atoms with Gasteiger partial charge in [-0.05, 0) is 32.8 Å². The van der Waals surface area contributed by atoms with Gasteiger partial charge in [0.25, 0.3) is 5.91 Å². The average Bonchev–Trinajstić information content (AvgIpc) is 3.54. The van der Waals surface area contributed by atoms with Crippen LogP contribution in [-0.2, 0) is 19.1 Å². The maximum atomic E-state index is 14.8. The first-order valence-electron chi connectivity index (χ1n) is 21.8. The number of benzene rings is 3. The minimum Gasteiger partial charge on any atom is -0.507 e. The Hall–Kier alpha value is -6.01. The zero-order valence-electron chi connectivity index (χ0n) is 38.0. The standard InChI is InChI=1S/C48H58N4O13/c1-21-11-10-12-22(2)47(61)51-38-43(59)34-33(37-45(38)64-32-20-29(19-30(54)36(32)50-37)52-16-13-28(14-17-52)49-27(7)53)35-44(26(6)42(34)58)65-48(8,46(35)60)63-18-15-31(62-9)23(3)40(56)25(5)41(57)24(4)39(21)55/h10-12,15,18-21,23-25,28,31,39-41,55-58,60H,13-14,16-17H2,1-9H3,(H,49,53)(H,51,61)/b11-10+,18-15+,22-12-/t21-,23+,24+,25-,31-,39-,40+,41+,48-/m0/s1. The number of hydrogen-bond donors (Lipinski definition) is 7. The molecule has 0 radical (unpaired) electrons. The van der Waals surface area contributed by atoms with Crippen molar-refractivity contribution in [3.8, 4) is 11.5 Å². The molecule has 0 spiro atoms. The van der Waals surface area contributed by atoms with Gasteiger partial charge in [-0.1, -0.05) is 45.9 Å². The predicted octanol–water partition coefficient (Wildman–Crippen LogP) is 4.09. The van der Waals surface area contributed by atoms with Gasteiger partial charge in [-0.15, -0.1) is 0 Å². The number of anilines is 2. The molecule has 1 fully saturated rings. The van der Waals surface area contributed by atoms with Crippen molar-refractivity contribution >= 4 is 61.9 Å². The third-order valence-corrected chi connectivity index (χ3v) is 13.4. The fourth-order valence-corrected chi connectivity index (χ4v) is 9.24. The number of hydrogen-bond acceptors (Lipinski definition) is 15. The average molecular weight is 899 g/mol. The molecule has 348 valence electrons. The van der Waals surface area contributed by atoms with Gasteiger partial charge < -0.3 is 59.7 Å². The summed E-state index contributed by atoms with van der Waals surface area (Å²) in [6.45, 7) is 13.7. The Balaban J connectivity index is 1.46. The van der Waals surface area contributed by atoms with Gasteiger partial charge >= 0.3 is 5.79 Å². The van der Waals surface area contributed by atoms with Crippen molar-refractivity contribution < 1.29 is 53.7 Å². The molecular formula is C48H58N4O13. The lowest BCUT2D eigenvalue weighted by molar-refractivity contribution is -0.119. The number of carbonyl (C=O) groups is 2. The molecule has 4 aromatic rings. The van der Waals surface area contributed by atoms with Gasteiger partial charge in [0.05, 0.1) is 41.3 Å². The van der Waals surface area contributed by atoms with Gasteiger partial charge in [0.2, 0.25) is 16.8 Å². The molecule has 9 atom stereocenters. The Morgan fingerprint density at radius 2 is 1.60 bits per heavy atom. The van der Waals surface area contributed by atoms with Gasteiger partial charge in [-0.25, -0.2) is 4.98 Å². The molecule has 7 N–H and O–H groups in total. The molecule has 4 bridgehead atoms. The number of phenolic OH excluding ortho intramolecular Hbond substituents is 1. The topological polar surface area (TPSA) is 250 Å². The number of allylic oxidation sites excluding steroid dienone is 2. The van der Waals surface area contributed by atoms with Crippen LogP contribution in [0.2, 0.25) is 0 Å². The van der Waals surface area contributed by atoms with Crippen LogP contribution in [0.5, 0.6) is 11.5 Å². The van der Waals surface area contributed by atoms with Gasteiger partial charge in [-0.2, -0.15) is 0 Å². The van der Waals surface area contributed by atoms with E-state index in [1.807, 2.05) is 4.90 Å². The molecule has 1 saturated heterocycles. The Morgan fingerprint density at radius 3 is 2.26 bits per heavy atom.